The monoisotopic (exact) mass is 429 g/mol. The van der Waals surface area contributed by atoms with Crippen molar-refractivity contribution in [3.63, 3.8) is 0 Å². The molecule has 0 unspecified atom stereocenters. The van der Waals surface area contributed by atoms with Crippen molar-refractivity contribution in [1.29, 1.82) is 5.41 Å². The van der Waals surface area contributed by atoms with E-state index in [1.165, 1.54) is 28.5 Å². The maximum atomic E-state index is 13.2. The summed E-state index contributed by atoms with van der Waals surface area (Å²) in [6, 6.07) is 15.1. The molecule has 150 valence electrons. The van der Waals surface area contributed by atoms with Crippen LogP contribution in [0.25, 0.3) is 11.4 Å². The zero-order valence-electron chi connectivity index (χ0n) is 15.5. The highest BCUT2D eigenvalue weighted by Gasteiger charge is 2.19. The number of benzene rings is 2. The average Bonchev–Trinajstić information content (AvgIpc) is 2.69. The first-order chi connectivity index (χ1) is 13.7. The Labute approximate surface area is 172 Å². The molecule has 0 bridgehead atoms. The minimum Gasteiger partial charge on any atom is -0.383 e. The molecule has 29 heavy (non-hydrogen) atoms. The summed E-state index contributed by atoms with van der Waals surface area (Å²) in [4.78, 5) is 17.8. The van der Waals surface area contributed by atoms with Gasteiger partial charge in [-0.2, -0.15) is 0 Å². The van der Waals surface area contributed by atoms with Crippen LogP contribution < -0.4 is 16.4 Å². The third kappa shape index (κ3) is 4.39. The van der Waals surface area contributed by atoms with E-state index in [2.05, 4.69) is 4.98 Å². The molecule has 0 aliphatic carbocycles. The lowest BCUT2D eigenvalue weighted by atomic mass is 10.1. The number of rotatable bonds is 6. The Morgan fingerprint density at radius 3 is 2.28 bits per heavy atom. The second-order valence-corrected chi connectivity index (χ2v) is 8.54. The van der Waals surface area contributed by atoms with Crippen molar-refractivity contribution < 1.29 is 8.42 Å². The van der Waals surface area contributed by atoms with Crippen molar-refractivity contribution in [2.24, 2.45) is 10.9 Å². The Balaban J connectivity index is 2.19. The zero-order valence-corrected chi connectivity index (χ0v) is 17.1. The van der Waals surface area contributed by atoms with Gasteiger partial charge in [0, 0.05) is 5.56 Å². The van der Waals surface area contributed by atoms with Crippen LogP contribution in [0.15, 0.2) is 69.3 Å². The fraction of sp³-hybridized carbons (Fsp3) is 0.105. The summed E-state index contributed by atoms with van der Waals surface area (Å²) in [7, 11) is -3.81. The van der Waals surface area contributed by atoms with Gasteiger partial charge >= 0.3 is 0 Å². The number of hydrogen-bond acceptors (Lipinski definition) is 6. The molecule has 0 fully saturated rings. The minimum atomic E-state index is -3.81. The van der Waals surface area contributed by atoms with E-state index in [1.807, 2.05) is 30.3 Å². The van der Waals surface area contributed by atoms with Gasteiger partial charge in [0.05, 0.1) is 11.4 Å². The van der Waals surface area contributed by atoms with Gasteiger partial charge in [-0.3, -0.25) is 14.8 Å². The predicted octanol–water partition coefficient (Wildman–Crippen LogP) is 1.61. The van der Waals surface area contributed by atoms with Crippen LogP contribution in [0, 0.1) is 5.41 Å². The quantitative estimate of drug-likeness (QED) is 0.235. The molecule has 0 aliphatic rings. The van der Waals surface area contributed by atoms with Crippen molar-refractivity contribution >= 4 is 27.6 Å². The van der Waals surface area contributed by atoms with Crippen molar-refractivity contribution in [1.82, 2.24) is 9.55 Å². The standard InChI is InChI=1S/C19H19N5O3S2/c1-28-18-15(16(20)21)19(25)24(17(23-18)13-5-3-2-4-6-13)11-12-7-9-14(10-8-12)29(22,26)27/h2-10H,11H2,1H3,(H3,20,21)(H2,22,26,27). The molecule has 10 heteroatoms. The van der Waals surface area contributed by atoms with Crippen molar-refractivity contribution in [3.05, 3.63) is 76.1 Å². The number of nitrogen functional groups attached to an aromatic ring is 1. The molecule has 0 amide bonds. The van der Waals surface area contributed by atoms with E-state index in [0.29, 0.717) is 16.4 Å². The van der Waals surface area contributed by atoms with Crippen LogP contribution in [0.1, 0.15) is 11.1 Å². The lowest BCUT2D eigenvalue weighted by Gasteiger charge is -2.16. The molecule has 2 aromatic carbocycles. The van der Waals surface area contributed by atoms with E-state index >= 15 is 0 Å². The van der Waals surface area contributed by atoms with Crippen molar-refractivity contribution in [3.8, 4) is 11.4 Å². The van der Waals surface area contributed by atoms with E-state index in [1.54, 1.807) is 18.4 Å². The molecule has 3 rings (SSSR count). The van der Waals surface area contributed by atoms with E-state index in [4.69, 9.17) is 16.3 Å². The molecule has 8 nitrogen and oxygen atoms in total. The third-order valence-corrected chi connectivity index (χ3v) is 5.83. The zero-order chi connectivity index (χ0) is 21.2. The summed E-state index contributed by atoms with van der Waals surface area (Å²) < 4.78 is 24.3. The molecule has 1 heterocycles. The summed E-state index contributed by atoms with van der Waals surface area (Å²) in [5.74, 6) is 0.0743. The molecular weight excluding hydrogens is 410 g/mol. The number of hydrogen-bond donors (Lipinski definition) is 3. The smallest absolute Gasteiger partial charge is 0.266 e. The topological polar surface area (TPSA) is 145 Å². The molecule has 3 aromatic rings. The molecule has 0 spiro atoms. The van der Waals surface area contributed by atoms with Gasteiger partial charge in [0.15, 0.2) is 0 Å². The molecule has 0 saturated heterocycles. The molecule has 0 aliphatic heterocycles. The lowest BCUT2D eigenvalue weighted by Crippen LogP contribution is -2.33. The largest absolute Gasteiger partial charge is 0.383 e. The summed E-state index contributed by atoms with van der Waals surface area (Å²) in [5.41, 5.74) is 6.65. The minimum absolute atomic E-state index is 0.0165. The highest BCUT2D eigenvalue weighted by atomic mass is 32.2. The molecule has 0 saturated carbocycles. The van der Waals surface area contributed by atoms with Crippen LogP contribution in [0.4, 0.5) is 0 Å². The maximum absolute atomic E-state index is 13.2. The molecule has 1 aromatic heterocycles. The van der Waals surface area contributed by atoms with Crippen LogP contribution in [-0.4, -0.2) is 30.1 Å². The number of nitrogens with two attached hydrogens (primary N) is 2. The second-order valence-electron chi connectivity index (χ2n) is 6.18. The Morgan fingerprint density at radius 1 is 1.14 bits per heavy atom. The van der Waals surface area contributed by atoms with Gasteiger partial charge in [-0.15, -0.1) is 11.8 Å². The summed E-state index contributed by atoms with van der Waals surface area (Å²) in [6.07, 6.45) is 1.76. The highest BCUT2D eigenvalue weighted by Crippen LogP contribution is 2.23. The molecule has 5 N–H and O–H groups in total. The number of thioether (sulfide) groups is 1. The number of aromatic nitrogens is 2. The number of primary sulfonamides is 1. The van der Waals surface area contributed by atoms with Gasteiger partial charge in [0.2, 0.25) is 10.0 Å². The Morgan fingerprint density at radius 2 is 1.76 bits per heavy atom. The van der Waals surface area contributed by atoms with E-state index in [0.717, 1.165) is 5.56 Å². The summed E-state index contributed by atoms with van der Waals surface area (Å²) in [5, 5.41) is 13.3. The van der Waals surface area contributed by atoms with Gasteiger partial charge in [-0.25, -0.2) is 18.5 Å². The van der Waals surface area contributed by atoms with Crippen LogP contribution in [-0.2, 0) is 16.6 Å². The van der Waals surface area contributed by atoms with Gasteiger partial charge in [-0.1, -0.05) is 42.5 Å². The van der Waals surface area contributed by atoms with Crippen molar-refractivity contribution in [2.45, 2.75) is 16.5 Å². The second kappa shape index (κ2) is 8.19. The number of sulfonamides is 1. The van der Waals surface area contributed by atoms with Crippen LogP contribution in [0.3, 0.4) is 0 Å². The van der Waals surface area contributed by atoms with Crippen LogP contribution >= 0.6 is 11.8 Å². The number of nitrogens with zero attached hydrogens (tertiary/aromatic N) is 2. The Hall–Kier alpha value is -2.95. The van der Waals surface area contributed by atoms with Crippen LogP contribution in [0.2, 0.25) is 0 Å². The number of nitrogens with one attached hydrogen (secondary N) is 1. The molecular formula is C19H19N5O3S2. The van der Waals surface area contributed by atoms with Gasteiger partial charge < -0.3 is 5.73 Å². The average molecular weight is 430 g/mol. The fourth-order valence-corrected chi connectivity index (χ4v) is 3.93. The van der Waals surface area contributed by atoms with Crippen molar-refractivity contribution in [2.75, 3.05) is 6.26 Å². The van der Waals surface area contributed by atoms with Gasteiger partial charge in [0.25, 0.3) is 5.56 Å². The Bertz CT molecular complexity index is 1220. The fourth-order valence-electron chi connectivity index (χ4n) is 2.83. The lowest BCUT2D eigenvalue weighted by molar-refractivity contribution is 0.597. The van der Waals surface area contributed by atoms with E-state index in [-0.39, 0.29) is 22.8 Å². The number of amidine groups is 1. The van der Waals surface area contributed by atoms with E-state index in [9.17, 15) is 13.2 Å². The van der Waals surface area contributed by atoms with Gasteiger partial charge in [0.1, 0.15) is 22.2 Å². The van der Waals surface area contributed by atoms with Gasteiger partial charge in [-0.05, 0) is 24.0 Å². The maximum Gasteiger partial charge on any atom is 0.266 e. The van der Waals surface area contributed by atoms with Crippen LogP contribution in [0.5, 0.6) is 0 Å². The first-order valence-electron chi connectivity index (χ1n) is 8.42. The highest BCUT2D eigenvalue weighted by molar-refractivity contribution is 7.98. The Kier molecular flexibility index (Phi) is 5.87. The summed E-state index contributed by atoms with van der Waals surface area (Å²) >= 11 is 1.24. The molecule has 0 radical (unpaired) electrons. The summed E-state index contributed by atoms with van der Waals surface area (Å²) in [6.45, 7) is 0.121. The molecule has 0 atom stereocenters. The SMILES string of the molecule is CSc1nc(-c2ccccc2)n(Cc2ccc(S(N)(=O)=O)cc2)c(=O)c1C(=N)N. The van der Waals surface area contributed by atoms with E-state index < -0.39 is 15.6 Å². The third-order valence-electron chi connectivity index (χ3n) is 4.22. The normalized spacial score (nSPS) is 11.4. The first-order valence-corrected chi connectivity index (χ1v) is 11.2. The predicted molar refractivity (Wildman–Crippen MR) is 114 cm³/mol. The first kappa shape index (κ1) is 20.8.